The van der Waals surface area contributed by atoms with Crippen LogP contribution in [0.15, 0.2) is 23.3 Å². The summed E-state index contributed by atoms with van der Waals surface area (Å²) >= 11 is 0. The molecule has 0 radical (unpaired) electrons. The van der Waals surface area contributed by atoms with E-state index in [1.54, 1.807) is 6.92 Å². The quantitative estimate of drug-likeness (QED) is 0.201. The van der Waals surface area contributed by atoms with Gasteiger partial charge in [0.25, 0.3) is 0 Å². The molecule has 1 unspecified atom stereocenters. The molecule has 7 heteroatoms. The monoisotopic (exact) mass is 546 g/mol. The fourth-order valence-corrected chi connectivity index (χ4v) is 7.39. The molecule has 0 amide bonds. The standard InChI is InChI=1S/C32H50O7/c1-8-10-12-14-25(34)38-29-21(4)27-23(30(5,6)31(29,7)39-26(35)15-13-11-9-2)17-22(19-33)18-32(37)24(27)16-20(3)28(32)36/h16-17,21,23-24,27,29,33,37H,8-15,18-19H2,1-7H3/t21-,23+,24-,27?,29+,31+,32+/m0/s1. The molecule has 39 heavy (non-hydrogen) atoms. The van der Waals surface area contributed by atoms with Crippen LogP contribution in [0.5, 0.6) is 0 Å². The molecular weight excluding hydrogens is 496 g/mol. The third-order valence-electron chi connectivity index (χ3n) is 9.97. The average molecular weight is 547 g/mol. The van der Waals surface area contributed by atoms with Crippen LogP contribution in [0.4, 0.5) is 0 Å². The van der Waals surface area contributed by atoms with Gasteiger partial charge in [0, 0.05) is 36.5 Å². The Labute approximate surface area is 234 Å². The van der Waals surface area contributed by atoms with Gasteiger partial charge in [0.2, 0.25) is 0 Å². The Morgan fingerprint density at radius 2 is 1.56 bits per heavy atom. The maximum absolute atomic E-state index is 13.2. The van der Waals surface area contributed by atoms with Gasteiger partial charge in [-0.25, -0.2) is 0 Å². The third kappa shape index (κ3) is 5.76. The lowest BCUT2D eigenvalue weighted by Gasteiger charge is -2.60. The lowest BCUT2D eigenvalue weighted by molar-refractivity contribution is -0.249. The summed E-state index contributed by atoms with van der Waals surface area (Å²) in [5, 5.41) is 22.1. The molecule has 0 aliphatic heterocycles. The summed E-state index contributed by atoms with van der Waals surface area (Å²) in [5.74, 6) is -2.36. The third-order valence-corrected chi connectivity index (χ3v) is 9.97. The highest BCUT2D eigenvalue weighted by Gasteiger charge is 2.68. The van der Waals surface area contributed by atoms with E-state index in [9.17, 15) is 24.6 Å². The second kappa shape index (κ2) is 12.3. The molecule has 0 aromatic carbocycles. The SMILES string of the molecule is CCCCCC(=O)O[C@@H]1[C@@H](C)C2[C@@H](C=C(CO)C[C@]3(O)C(=O)C(C)=C[C@@H]23)C(C)(C)[C@]1(C)OC(=O)CCCCC. The van der Waals surface area contributed by atoms with E-state index in [1.165, 1.54) is 0 Å². The van der Waals surface area contributed by atoms with Crippen molar-refractivity contribution in [3.63, 3.8) is 0 Å². The van der Waals surface area contributed by atoms with Crippen molar-refractivity contribution in [1.82, 2.24) is 0 Å². The van der Waals surface area contributed by atoms with Crippen molar-refractivity contribution in [2.75, 3.05) is 6.61 Å². The molecule has 7 atom stereocenters. The molecule has 7 nitrogen and oxygen atoms in total. The number of carbonyl (C=O) groups is 3. The molecule has 2 N–H and O–H groups in total. The Bertz CT molecular complexity index is 994. The number of aliphatic hydroxyl groups excluding tert-OH is 1. The Hall–Kier alpha value is -1.99. The molecule has 0 saturated heterocycles. The number of esters is 2. The lowest BCUT2D eigenvalue weighted by atomic mass is 9.49. The highest BCUT2D eigenvalue weighted by atomic mass is 16.6. The molecule has 0 aromatic rings. The predicted octanol–water partition coefficient (Wildman–Crippen LogP) is 5.47. The Kier molecular flexibility index (Phi) is 9.91. The number of carbonyl (C=O) groups excluding carboxylic acids is 3. The number of hydrogen-bond acceptors (Lipinski definition) is 7. The number of Topliss-reactive ketones (excluding diaryl/α,β-unsaturated/α-hetero) is 1. The molecule has 0 aromatic heterocycles. The van der Waals surface area contributed by atoms with Crippen LogP contribution in [0.3, 0.4) is 0 Å². The van der Waals surface area contributed by atoms with Crippen LogP contribution in [0.25, 0.3) is 0 Å². The summed E-state index contributed by atoms with van der Waals surface area (Å²) in [6.07, 6.45) is 8.96. The first-order chi connectivity index (χ1) is 18.3. The maximum atomic E-state index is 13.2. The maximum Gasteiger partial charge on any atom is 0.306 e. The summed E-state index contributed by atoms with van der Waals surface area (Å²) in [5.41, 5.74) is -2.48. The zero-order chi connectivity index (χ0) is 29.2. The Morgan fingerprint density at radius 1 is 0.974 bits per heavy atom. The van der Waals surface area contributed by atoms with Crippen LogP contribution in [0, 0.1) is 29.1 Å². The molecule has 3 aliphatic carbocycles. The van der Waals surface area contributed by atoms with Crippen molar-refractivity contribution in [2.45, 2.75) is 124 Å². The van der Waals surface area contributed by atoms with E-state index < -0.39 is 28.6 Å². The molecule has 1 saturated carbocycles. The van der Waals surface area contributed by atoms with E-state index >= 15 is 0 Å². The fraction of sp³-hybridized carbons (Fsp3) is 0.781. The van der Waals surface area contributed by atoms with E-state index in [0.717, 1.165) is 38.5 Å². The van der Waals surface area contributed by atoms with E-state index in [4.69, 9.17) is 9.47 Å². The van der Waals surface area contributed by atoms with Crippen LogP contribution < -0.4 is 0 Å². The zero-order valence-corrected chi connectivity index (χ0v) is 25.0. The average Bonchev–Trinajstić information content (AvgIpc) is 3.00. The van der Waals surface area contributed by atoms with Crippen molar-refractivity contribution in [3.05, 3.63) is 23.3 Å². The molecule has 3 aliphatic rings. The molecule has 0 heterocycles. The van der Waals surface area contributed by atoms with Gasteiger partial charge in [-0.15, -0.1) is 0 Å². The van der Waals surface area contributed by atoms with Gasteiger partial charge in [0.15, 0.2) is 11.4 Å². The first-order valence-corrected chi connectivity index (χ1v) is 15.0. The second-order valence-corrected chi connectivity index (χ2v) is 12.9. The number of aliphatic hydroxyl groups is 2. The zero-order valence-electron chi connectivity index (χ0n) is 25.0. The van der Waals surface area contributed by atoms with Gasteiger partial charge in [-0.2, -0.15) is 0 Å². The molecule has 1 fully saturated rings. The Balaban J connectivity index is 2.11. The van der Waals surface area contributed by atoms with Gasteiger partial charge >= 0.3 is 11.9 Å². The summed E-state index contributed by atoms with van der Waals surface area (Å²) < 4.78 is 12.6. The van der Waals surface area contributed by atoms with Gasteiger partial charge in [0.05, 0.1) is 6.61 Å². The molecular formula is C32H50O7. The minimum atomic E-state index is -1.66. The van der Waals surface area contributed by atoms with E-state index in [0.29, 0.717) is 11.1 Å². The minimum Gasteiger partial charge on any atom is -0.458 e. The lowest BCUT2D eigenvalue weighted by Crippen LogP contribution is -2.68. The van der Waals surface area contributed by atoms with E-state index in [2.05, 4.69) is 13.8 Å². The van der Waals surface area contributed by atoms with Crippen LogP contribution in [-0.2, 0) is 23.9 Å². The summed E-state index contributed by atoms with van der Waals surface area (Å²) in [6.45, 7) is 13.5. The van der Waals surface area contributed by atoms with Gasteiger partial charge in [-0.1, -0.05) is 72.5 Å². The van der Waals surface area contributed by atoms with E-state index in [-0.39, 0.29) is 61.3 Å². The predicted molar refractivity (Wildman–Crippen MR) is 150 cm³/mol. The number of allylic oxidation sites excluding steroid dienone is 1. The van der Waals surface area contributed by atoms with Crippen LogP contribution in [0.2, 0.25) is 0 Å². The van der Waals surface area contributed by atoms with Crippen molar-refractivity contribution in [1.29, 1.82) is 0 Å². The molecule has 0 bridgehead atoms. The van der Waals surface area contributed by atoms with Gasteiger partial charge < -0.3 is 19.7 Å². The molecule has 0 spiro atoms. The van der Waals surface area contributed by atoms with Gasteiger partial charge in [-0.05, 0) is 49.7 Å². The summed E-state index contributed by atoms with van der Waals surface area (Å²) in [6, 6.07) is 0. The number of unbranched alkanes of at least 4 members (excludes halogenated alkanes) is 4. The Morgan fingerprint density at radius 3 is 2.13 bits per heavy atom. The largest absolute Gasteiger partial charge is 0.458 e. The second-order valence-electron chi connectivity index (χ2n) is 12.9. The van der Waals surface area contributed by atoms with Crippen LogP contribution in [-0.4, -0.2) is 51.8 Å². The normalized spacial score (nSPS) is 35.3. The number of hydrogen-bond donors (Lipinski definition) is 2. The molecule has 220 valence electrons. The number of fused-ring (bicyclic) bond motifs is 3. The first kappa shape index (κ1) is 31.5. The van der Waals surface area contributed by atoms with Crippen molar-refractivity contribution in [2.24, 2.45) is 29.1 Å². The topological polar surface area (TPSA) is 110 Å². The van der Waals surface area contributed by atoms with Crippen molar-refractivity contribution < 1.29 is 34.1 Å². The van der Waals surface area contributed by atoms with Gasteiger partial charge in [0.1, 0.15) is 11.7 Å². The van der Waals surface area contributed by atoms with E-state index in [1.807, 2.05) is 39.8 Å². The first-order valence-electron chi connectivity index (χ1n) is 15.0. The number of ether oxygens (including phenoxy) is 2. The highest BCUT2D eigenvalue weighted by Crippen LogP contribution is 2.61. The molecule has 3 rings (SSSR count). The minimum absolute atomic E-state index is 0.0473. The van der Waals surface area contributed by atoms with Crippen LogP contribution >= 0.6 is 0 Å². The van der Waals surface area contributed by atoms with Crippen LogP contribution in [0.1, 0.15) is 106 Å². The fourth-order valence-electron chi connectivity index (χ4n) is 7.39. The highest BCUT2D eigenvalue weighted by molar-refractivity contribution is 6.04. The van der Waals surface area contributed by atoms with Crippen molar-refractivity contribution in [3.8, 4) is 0 Å². The van der Waals surface area contributed by atoms with Gasteiger partial charge in [-0.3, -0.25) is 14.4 Å². The summed E-state index contributed by atoms with van der Waals surface area (Å²) in [4.78, 5) is 39.5. The number of ketones is 1. The number of rotatable bonds is 11. The summed E-state index contributed by atoms with van der Waals surface area (Å²) in [7, 11) is 0. The van der Waals surface area contributed by atoms with Crippen molar-refractivity contribution >= 4 is 17.7 Å². The smallest absolute Gasteiger partial charge is 0.306 e.